The van der Waals surface area contributed by atoms with Gasteiger partial charge in [0.1, 0.15) is 0 Å². The number of hydrogen-bond donors (Lipinski definition) is 2. The second-order valence-corrected chi connectivity index (χ2v) is 10.3. The zero-order valence-electron chi connectivity index (χ0n) is 17.1. The molecule has 2 N–H and O–H groups in total. The second kappa shape index (κ2) is 9.98. The summed E-state index contributed by atoms with van der Waals surface area (Å²) in [5, 5.41) is 11.0. The number of rotatable bonds is 5. The molecule has 164 valence electrons. The van der Waals surface area contributed by atoms with Gasteiger partial charge in [0.2, 0.25) is 10.0 Å². The Morgan fingerprint density at radius 3 is 2.45 bits per heavy atom. The molecule has 2 aliphatic rings. The number of nitrogens with one attached hydrogen (secondary N) is 1. The summed E-state index contributed by atoms with van der Waals surface area (Å²) >= 11 is 1.16. The third-order valence-electron chi connectivity index (χ3n) is 5.68. The van der Waals surface area contributed by atoms with Crippen molar-refractivity contribution in [2.75, 3.05) is 41.3 Å². The van der Waals surface area contributed by atoms with E-state index in [1.54, 1.807) is 16.8 Å². The van der Waals surface area contributed by atoms with Gasteiger partial charge in [0.25, 0.3) is 12.4 Å². The van der Waals surface area contributed by atoms with Crippen LogP contribution in [0.4, 0.5) is 0 Å². The van der Waals surface area contributed by atoms with Crippen LogP contribution < -0.4 is 5.32 Å². The molecule has 4 atom stereocenters. The summed E-state index contributed by atoms with van der Waals surface area (Å²) in [5.41, 5.74) is 0. The Balaban J connectivity index is 0.000000941. The molecule has 9 nitrogen and oxygen atoms in total. The van der Waals surface area contributed by atoms with Crippen LogP contribution in [-0.2, 0) is 19.6 Å². The van der Waals surface area contributed by atoms with E-state index in [-0.39, 0.29) is 23.4 Å². The van der Waals surface area contributed by atoms with E-state index in [9.17, 15) is 13.2 Å². The molecule has 11 heteroatoms. The third-order valence-corrected chi connectivity index (χ3v) is 8.57. The lowest BCUT2D eigenvalue weighted by atomic mass is 9.77. The molecule has 1 amide bonds. The Bertz CT molecular complexity index is 810. The van der Waals surface area contributed by atoms with Gasteiger partial charge in [0.05, 0.1) is 15.9 Å². The van der Waals surface area contributed by atoms with E-state index in [4.69, 9.17) is 14.6 Å². The first-order valence-electron chi connectivity index (χ1n) is 9.27. The quantitative estimate of drug-likeness (QED) is 0.641. The summed E-state index contributed by atoms with van der Waals surface area (Å²) in [4.78, 5) is 22.9. The highest BCUT2D eigenvalue weighted by Crippen LogP contribution is 2.40. The number of carboxylic acid groups (broad SMARTS) is 1. The maximum Gasteiger partial charge on any atom is 0.290 e. The average molecular weight is 448 g/mol. The maximum atomic E-state index is 13.0. The molecule has 2 fully saturated rings. The highest BCUT2D eigenvalue weighted by molar-refractivity contribution is 7.89. The van der Waals surface area contributed by atoms with Gasteiger partial charge in [-0.3, -0.25) is 9.59 Å². The molecule has 1 aliphatic heterocycles. The Hall–Kier alpha value is -1.53. The van der Waals surface area contributed by atoms with Gasteiger partial charge >= 0.3 is 0 Å². The molecule has 2 heterocycles. The molecule has 1 aromatic rings. The molecule has 0 aromatic carbocycles. The number of sulfonamides is 1. The fourth-order valence-electron chi connectivity index (χ4n) is 4.19. The molecule has 1 aliphatic carbocycles. The van der Waals surface area contributed by atoms with E-state index in [1.807, 2.05) is 14.1 Å². The van der Waals surface area contributed by atoms with Crippen LogP contribution in [0.3, 0.4) is 0 Å². The monoisotopic (exact) mass is 447 g/mol. The van der Waals surface area contributed by atoms with Crippen LogP contribution in [0.25, 0.3) is 0 Å². The van der Waals surface area contributed by atoms with Crippen LogP contribution in [0.5, 0.6) is 0 Å². The molecule has 3 rings (SSSR count). The molecule has 1 aromatic heterocycles. The first-order valence-corrected chi connectivity index (χ1v) is 11.6. The van der Waals surface area contributed by atoms with Gasteiger partial charge in [0, 0.05) is 38.7 Å². The van der Waals surface area contributed by atoms with E-state index in [0.29, 0.717) is 35.8 Å². The molecule has 1 saturated heterocycles. The highest BCUT2D eigenvalue weighted by Gasteiger charge is 2.46. The van der Waals surface area contributed by atoms with Crippen molar-refractivity contribution < 1.29 is 27.9 Å². The number of nitrogens with zero attached hydrogens (tertiary/aromatic N) is 2. The molecule has 29 heavy (non-hydrogen) atoms. The number of amides is 1. The number of thiophene rings is 1. The Kier molecular flexibility index (Phi) is 8.18. The Labute approximate surface area is 175 Å². The fraction of sp³-hybridized carbons (Fsp3) is 0.667. The number of likely N-dealkylation sites (N-methyl/N-ethyl adjacent to an activating group) is 1. The Morgan fingerprint density at radius 2 is 1.93 bits per heavy atom. The number of methoxy groups -OCH3 is 1. The van der Waals surface area contributed by atoms with Crippen LogP contribution in [0, 0.1) is 11.8 Å². The Morgan fingerprint density at radius 1 is 1.34 bits per heavy atom. The minimum Gasteiger partial charge on any atom is -0.483 e. The number of carbonyl (C=O) groups excluding carboxylic acids is 1. The molecule has 0 radical (unpaired) electrons. The fourth-order valence-corrected chi connectivity index (χ4v) is 6.95. The van der Waals surface area contributed by atoms with Gasteiger partial charge in [-0.1, -0.05) is 0 Å². The van der Waals surface area contributed by atoms with E-state index in [2.05, 4.69) is 10.2 Å². The van der Waals surface area contributed by atoms with Crippen LogP contribution in [0.1, 0.15) is 22.5 Å². The lowest BCUT2D eigenvalue weighted by molar-refractivity contribution is -0.122. The zero-order chi connectivity index (χ0) is 21.8. The summed E-state index contributed by atoms with van der Waals surface area (Å²) < 4.78 is 33.3. The molecular weight excluding hydrogens is 418 g/mol. The van der Waals surface area contributed by atoms with E-state index in [1.165, 1.54) is 13.1 Å². The number of ether oxygens (including phenoxy) is 1. The van der Waals surface area contributed by atoms with Crippen molar-refractivity contribution in [2.24, 2.45) is 11.8 Å². The van der Waals surface area contributed by atoms with Gasteiger partial charge in [-0.15, -0.1) is 11.3 Å². The third kappa shape index (κ3) is 5.15. The van der Waals surface area contributed by atoms with Crippen molar-refractivity contribution in [3.05, 3.63) is 16.3 Å². The summed E-state index contributed by atoms with van der Waals surface area (Å²) in [5.74, 6) is 0.409. The standard InChI is InChI=1S/C17H27N3O4S2.CH2O2/c1-18-17(21)16-7-13(10-25-16)26(22,23)20-8-11-5-14(19(2)3)15(24-4)6-12(11)9-20;2-1-3/h7,10-12,14-15H,5-6,8-9H2,1-4H3,(H,18,21);1H,(H,2,3)/t11-,12+,14-,15-;/m1./s1. The number of hydrogen-bond acceptors (Lipinski definition) is 7. The zero-order valence-corrected chi connectivity index (χ0v) is 18.7. The second-order valence-electron chi connectivity index (χ2n) is 7.45. The summed E-state index contributed by atoms with van der Waals surface area (Å²) in [6.45, 7) is 0.817. The summed E-state index contributed by atoms with van der Waals surface area (Å²) in [6, 6.07) is 1.78. The van der Waals surface area contributed by atoms with Crippen LogP contribution in [0.15, 0.2) is 16.3 Å². The van der Waals surface area contributed by atoms with Crippen molar-refractivity contribution >= 4 is 33.7 Å². The minimum absolute atomic E-state index is 0.134. The van der Waals surface area contributed by atoms with Crippen LogP contribution in [-0.4, -0.2) is 88.6 Å². The highest BCUT2D eigenvalue weighted by atomic mass is 32.2. The predicted molar refractivity (Wildman–Crippen MR) is 110 cm³/mol. The molecule has 1 saturated carbocycles. The van der Waals surface area contributed by atoms with Crippen LogP contribution in [0.2, 0.25) is 0 Å². The predicted octanol–water partition coefficient (Wildman–Crippen LogP) is 0.784. The number of carbonyl (C=O) groups is 2. The first kappa shape index (κ1) is 23.7. The molecular formula is C18H29N3O6S2. The topological polar surface area (TPSA) is 116 Å². The summed E-state index contributed by atoms with van der Waals surface area (Å²) in [7, 11) is 3.79. The van der Waals surface area contributed by atoms with Gasteiger partial charge in [-0.25, -0.2) is 8.42 Å². The first-order chi connectivity index (χ1) is 13.7. The van der Waals surface area contributed by atoms with Crippen molar-refractivity contribution in [1.29, 1.82) is 0 Å². The number of fused-ring (bicyclic) bond motifs is 1. The molecule has 0 unspecified atom stereocenters. The van der Waals surface area contributed by atoms with Crippen molar-refractivity contribution in [3.63, 3.8) is 0 Å². The van der Waals surface area contributed by atoms with Crippen molar-refractivity contribution in [3.8, 4) is 0 Å². The van der Waals surface area contributed by atoms with Crippen molar-refractivity contribution in [1.82, 2.24) is 14.5 Å². The van der Waals surface area contributed by atoms with E-state index >= 15 is 0 Å². The SMILES string of the molecule is CNC(=O)c1cc(S(=O)(=O)N2C[C@H]3C[C@@H](N(C)C)[C@H](OC)C[C@H]3C2)cs1.O=CO. The van der Waals surface area contributed by atoms with Gasteiger partial charge < -0.3 is 20.1 Å². The summed E-state index contributed by atoms with van der Waals surface area (Å²) in [6.07, 6.45) is 1.95. The smallest absolute Gasteiger partial charge is 0.290 e. The van der Waals surface area contributed by atoms with Gasteiger partial charge in [0.15, 0.2) is 0 Å². The average Bonchev–Trinajstić information content (AvgIpc) is 3.34. The molecule has 0 bridgehead atoms. The van der Waals surface area contributed by atoms with Crippen molar-refractivity contribution in [2.45, 2.75) is 29.9 Å². The lowest BCUT2D eigenvalue weighted by Gasteiger charge is -2.40. The minimum atomic E-state index is -3.57. The lowest BCUT2D eigenvalue weighted by Crippen LogP contribution is -2.47. The van der Waals surface area contributed by atoms with Gasteiger partial charge in [-0.2, -0.15) is 4.31 Å². The largest absolute Gasteiger partial charge is 0.483 e. The van der Waals surface area contributed by atoms with E-state index in [0.717, 1.165) is 24.2 Å². The molecule has 0 spiro atoms. The normalized spacial score (nSPS) is 27.1. The van der Waals surface area contributed by atoms with Crippen LogP contribution >= 0.6 is 11.3 Å². The maximum absolute atomic E-state index is 13.0. The van der Waals surface area contributed by atoms with Gasteiger partial charge in [-0.05, 0) is 44.8 Å². The van der Waals surface area contributed by atoms with E-state index < -0.39 is 10.0 Å².